The van der Waals surface area contributed by atoms with Crippen LogP contribution in [-0.2, 0) is 11.3 Å². The van der Waals surface area contributed by atoms with Gasteiger partial charge in [0.2, 0.25) is 11.7 Å². The largest absolute Gasteiger partial charge is 0.354 e. The van der Waals surface area contributed by atoms with Crippen molar-refractivity contribution in [2.75, 3.05) is 6.54 Å². The fourth-order valence-corrected chi connectivity index (χ4v) is 1.63. The SMILES string of the molecule is O=C(NCCn1nnc(-c2ccncn2)n1)C1CC1. The Morgan fingerprint density at radius 3 is 3.11 bits per heavy atom. The third kappa shape index (κ3) is 2.90. The molecule has 2 heterocycles. The van der Waals surface area contributed by atoms with Crippen LogP contribution in [0.15, 0.2) is 18.6 Å². The molecule has 0 radical (unpaired) electrons. The Labute approximate surface area is 109 Å². The van der Waals surface area contributed by atoms with Crippen molar-refractivity contribution < 1.29 is 4.79 Å². The number of aromatic nitrogens is 6. The first-order valence-electron chi connectivity index (χ1n) is 6.15. The first kappa shape index (κ1) is 11.7. The van der Waals surface area contributed by atoms with Crippen LogP contribution < -0.4 is 5.32 Å². The smallest absolute Gasteiger partial charge is 0.223 e. The molecule has 0 aliphatic heterocycles. The van der Waals surface area contributed by atoms with Crippen molar-refractivity contribution in [2.45, 2.75) is 19.4 Å². The normalized spacial score (nSPS) is 14.3. The van der Waals surface area contributed by atoms with Crippen molar-refractivity contribution in [3.63, 3.8) is 0 Å². The lowest BCUT2D eigenvalue weighted by molar-refractivity contribution is -0.122. The molecule has 0 bridgehead atoms. The Bertz CT molecular complexity index is 563. The van der Waals surface area contributed by atoms with Gasteiger partial charge in [-0.15, -0.1) is 10.2 Å². The van der Waals surface area contributed by atoms with E-state index in [0.29, 0.717) is 24.6 Å². The van der Waals surface area contributed by atoms with Gasteiger partial charge in [-0.1, -0.05) is 0 Å². The van der Waals surface area contributed by atoms with Crippen LogP contribution in [0.4, 0.5) is 0 Å². The van der Waals surface area contributed by atoms with Gasteiger partial charge < -0.3 is 5.32 Å². The maximum atomic E-state index is 11.4. The molecule has 2 aromatic rings. The van der Waals surface area contributed by atoms with Crippen molar-refractivity contribution in [1.29, 1.82) is 0 Å². The van der Waals surface area contributed by atoms with Gasteiger partial charge >= 0.3 is 0 Å². The summed E-state index contributed by atoms with van der Waals surface area (Å²) < 4.78 is 0. The predicted molar refractivity (Wildman–Crippen MR) is 64.6 cm³/mol. The van der Waals surface area contributed by atoms with Gasteiger partial charge in [-0.2, -0.15) is 4.80 Å². The molecule has 0 spiro atoms. The second-order valence-electron chi connectivity index (χ2n) is 4.37. The minimum atomic E-state index is 0.121. The molecule has 98 valence electrons. The third-order valence-electron chi connectivity index (χ3n) is 2.82. The number of carbonyl (C=O) groups excluding carboxylic acids is 1. The van der Waals surface area contributed by atoms with Gasteiger partial charge in [0, 0.05) is 18.7 Å². The van der Waals surface area contributed by atoms with Gasteiger partial charge in [-0.3, -0.25) is 4.79 Å². The third-order valence-corrected chi connectivity index (χ3v) is 2.82. The van der Waals surface area contributed by atoms with E-state index < -0.39 is 0 Å². The van der Waals surface area contributed by atoms with E-state index >= 15 is 0 Å². The van der Waals surface area contributed by atoms with Crippen LogP contribution in [0.1, 0.15) is 12.8 Å². The maximum absolute atomic E-state index is 11.4. The lowest BCUT2D eigenvalue weighted by Gasteiger charge is -2.02. The molecule has 0 atom stereocenters. The number of nitrogens with one attached hydrogen (secondary N) is 1. The van der Waals surface area contributed by atoms with Crippen LogP contribution in [0.25, 0.3) is 11.5 Å². The van der Waals surface area contributed by atoms with Gasteiger partial charge in [0.1, 0.15) is 12.0 Å². The first-order valence-corrected chi connectivity index (χ1v) is 6.15. The van der Waals surface area contributed by atoms with Gasteiger partial charge in [-0.05, 0) is 24.1 Å². The Balaban J connectivity index is 1.54. The summed E-state index contributed by atoms with van der Waals surface area (Å²) in [5, 5.41) is 14.9. The average molecular weight is 259 g/mol. The van der Waals surface area contributed by atoms with E-state index in [9.17, 15) is 4.79 Å². The second kappa shape index (κ2) is 5.09. The Morgan fingerprint density at radius 1 is 1.47 bits per heavy atom. The Morgan fingerprint density at radius 2 is 2.37 bits per heavy atom. The number of hydrogen-bond donors (Lipinski definition) is 1. The van der Waals surface area contributed by atoms with Crippen LogP contribution in [0.5, 0.6) is 0 Å². The fourth-order valence-electron chi connectivity index (χ4n) is 1.63. The quantitative estimate of drug-likeness (QED) is 0.788. The maximum Gasteiger partial charge on any atom is 0.223 e. The summed E-state index contributed by atoms with van der Waals surface area (Å²) in [4.78, 5) is 20.7. The highest BCUT2D eigenvalue weighted by molar-refractivity contribution is 5.80. The zero-order valence-electron chi connectivity index (χ0n) is 10.2. The van der Waals surface area contributed by atoms with Crippen LogP contribution >= 0.6 is 0 Å². The molecular weight excluding hydrogens is 246 g/mol. The molecular formula is C11H13N7O. The van der Waals surface area contributed by atoms with Gasteiger partial charge in [0.05, 0.1) is 6.54 Å². The fraction of sp³-hybridized carbons (Fsp3) is 0.455. The molecule has 1 N–H and O–H groups in total. The number of tetrazole rings is 1. The summed E-state index contributed by atoms with van der Waals surface area (Å²) in [6.45, 7) is 1.01. The predicted octanol–water partition coefficient (Wildman–Crippen LogP) is -0.344. The van der Waals surface area contributed by atoms with E-state index in [1.165, 1.54) is 11.1 Å². The topological polar surface area (TPSA) is 98.5 Å². The summed E-state index contributed by atoms with van der Waals surface area (Å²) in [7, 11) is 0. The molecule has 1 amide bonds. The van der Waals surface area contributed by atoms with E-state index in [-0.39, 0.29) is 11.8 Å². The molecule has 1 aliphatic rings. The molecule has 2 aromatic heterocycles. The molecule has 1 fully saturated rings. The van der Waals surface area contributed by atoms with E-state index in [4.69, 9.17) is 0 Å². The molecule has 0 aromatic carbocycles. The van der Waals surface area contributed by atoms with E-state index in [0.717, 1.165) is 12.8 Å². The van der Waals surface area contributed by atoms with Crippen molar-refractivity contribution >= 4 is 5.91 Å². The molecule has 1 saturated carbocycles. The summed E-state index contributed by atoms with van der Waals surface area (Å²) in [6, 6.07) is 1.72. The molecule has 0 saturated heterocycles. The zero-order valence-corrected chi connectivity index (χ0v) is 10.2. The lowest BCUT2D eigenvalue weighted by Crippen LogP contribution is -2.28. The number of nitrogens with zero attached hydrogens (tertiary/aromatic N) is 6. The average Bonchev–Trinajstić information content (AvgIpc) is 3.20. The summed E-state index contributed by atoms with van der Waals surface area (Å²) in [5.74, 6) is 0.798. The number of rotatable bonds is 5. The number of carbonyl (C=O) groups is 1. The van der Waals surface area contributed by atoms with Crippen molar-refractivity contribution in [1.82, 2.24) is 35.5 Å². The summed E-state index contributed by atoms with van der Waals surface area (Å²) >= 11 is 0. The van der Waals surface area contributed by atoms with E-state index in [2.05, 4.69) is 30.7 Å². The summed E-state index contributed by atoms with van der Waals surface area (Å²) in [5.41, 5.74) is 0.628. The minimum absolute atomic E-state index is 0.121. The highest BCUT2D eigenvalue weighted by atomic mass is 16.2. The molecule has 1 aliphatic carbocycles. The lowest BCUT2D eigenvalue weighted by atomic mass is 10.4. The van der Waals surface area contributed by atoms with Gasteiger partial charge in [0.15, 0.2) is 0 Å². The molecule has 8 nitrogen and oxygen atoms in total. The standard InChI is InChI=1S/C11H13N7O/c19-11(8-1-2-8)13-5-6-18-16-10(15-17-18)9-3-4-12-7-14-9/h3-4,7-8H,1-2,5-6H2,(H,13,19). The van der Waals surface area contributed by atoms with E-state index in [1.807, 2.05) is 0 Å². The van der Waals surface area contributed by atoms with Crippen molar-refractivity contribution in [2.24, 2.45) is 5.92 Å². The highest BCUT2D eigenvalue weighted by Crippen LogP contribution is 2.28. The Kier molecular flexibility index (Phi) is 3.13. The monoisotopic (exact) mass is 259 g/mol. The molecule has 3 rings (SSSR count). The molecule has 19 heavy (non-hydrogen) atoms. The van der Waals surface area contributed by atoms with E-state index in [1.54, 1.807) is 12.3 Å². The van der Waals surface area contributed by atoms with Crippen LogP contribution in [0.3, 0.4) is 0 Å². The summed E-state index contributed by atoms with van der Waals surface area (Å²) in [6.07, 6.45) is 5.07. The minimum Gasteiger partial charge on any atom is -0.354 e. The highest BCUT2D eigenvalue weighted by Gasteiger charge is 2.29. The molecule has 0 unspecified atom stereocenters. The van der Waals surface area contributed by atoms with Gasteiger partial charge in [0.25, 0.3) is 0 Å². The van der Waals surface area contributed by atoms with Crippen LogP contribution in [-0.4, -0.2) is 42.6 Å². The van der Waals surface area contributed by atoms with Gasteiger partial charge in [-0.25, -0.2) is 9.97 Å². The number of amides is 1. The van der Waals surface area contributed by atoms with Crippen LogP contribution in [0, 0.1) is 5.92 Å². The van der Waals surface area contributed by atoms with Crippen molar-refractivity contribution in [3.8, 4) is 11.5 Å². The van der Waals surface area contributed by atoms with Crippen molar-refractivity contribution in [3.05, 3.63) is 18.6 Å². The Hall–Kier alpha value is -2.38. The first-order chi connectivity index (χ1) is 9.33. The zero-order chi connectivity index (χ0) is 13.1. The van der Waals surface area contributed by atoms with Crippen LogP contribution in [0.2, 0.25) is 0 Å². The number of hydrogen-bond acceptors (Lipinski definition) is 6. The molecule has 8 heteroatoms. The second-order valence-corrected chi connectivity index (χ2v) is 4.37.